The molecule has 2 aliphatic heterocycles. The van der Waals surface area contributed by atoms with Crippen molar-refractivity contribution in [1.29, 1.82) is 0 Å². The lowest BCUT2D eigenvalue weighted by Crippen LogP contribution is -2.47. The van der Waals surface area contributed by atoms with Crippen LogP contribution < -0.4 is 0 Å². The maximum atomic E-state index is 13.8. The fourth-order valence-electron chi connectivity index (χ4n) is 5.23. The molecule has 6 nitrogen and oxygen atoms in total. The third-order valence-electron chi connectivity index (χ3n) is 7.33. The van der Waals surface area contributed by atoms with E-state index in [2.05, 4.69) is 16.5 Å². The van der Waals surface area contributed by atoms with Crippen LogP contribution in [-0.4, -0.2) is 76.5 Å². The number of ketones is 1. The SMILES string of the molecule is C=COC(C)(C)C.CC1Cc2c([nH]c3c(F)cccc23)CN1CC(F)(F)CO.Cc1cc(F)cc(C(=O)C2CN(C)C2)c1. The van der Waals surface area contributed by atoms with Crippen LogP contribution in [0.25, 0.3) is 10.9 Å². The lowest BCUT2D eigenvalue weighted by atomic mass is 9.91. The number of aromatic nitrogens is 1. The van der Waals surface area contributed by atoms with Gasteiger partial charge in [-0.05, 0) is 83.5 Å². The number of nitrogens with one attached hydrogen (secondary N) is 1. The van der Waals surface area contributed by atoms with Gasteiger partial charge in [-0.1, -0.05) is 18.7 Å². The average Bonchev–Trinajstić information content (AvgIpc) is 3.24. The van der Waals surface area contributed by atoms with Gasteiger partial charge in [0.2, 0.25) is 0 Å². The van der Waals surface area contributed by atoms with E-state index in [9.17, 15) is 22.4 Å². The minimum atomic E-state index is -3.12. The fourth-order valence-corrected chi connectivity index (χ4v) is 5.23. The van der Waals surface area contributed by atoms with Gasteiger partial charge in [0.15, 0.2) is 5.78 Å². The molecule has 10 heteroatoms. The Morgan fingerprint density at radius 1 is 1.19 bits per heavy atom. The van der Waals surface area contributed by atoms with Crippen molar-refractivity contribution < 1.29 is 32.2 Å². The van der Waals surface area contributed by atoms with Crippen LogP contribution in [0.15, 0.2) is 49.2 Å². The molecule has 1 atom stereocenters. The number of para-hydroxylation sites is 1. The Bertz CT molecular complexity index is 1390. The molecule has 43 heavy (non-hydrogen) atoms. The van der Waals surface area contributed by atoms with Gasteiger partial charge in [-0.15, -0.1) is 0 Å². The predicted molar refractivity (Wildman–Crippen MR) is 161 cm³/mol. The topological polar surface area (TPSA) is 68.8 Å². The van der Waals surface area contributed by atoms with Crippen LogP contribution in [0.5, 0.6) is 0 Å². The molecule has 0 aliphatic carbocycles. The molecular formula is C33H43F4N3O3. The lowest BCUT2D eigenvalue weighted by Gasteiger charge is -2.35. The number of hydrogen-bond donors (Lipinski definition) is 2. The number of ether oxygens (including phenoxy) is 1. The van der Waals surface area contributed by atoms with Crippen molar-refractivity contribution in [1.82, 2.24) is 14.8 Å². The van der Waals surface area contributed by atoms with E-state index >= 15 is 0 Å². The number of aromatic amines is 1. The molecule has 2 aromatic carbocycles. The highest BCUT2D eigenvalue weighted by Gasteiger charge is 2.36. The third kappa shape index (κ3) is 9.39. The van der Waals surface area contributed by atoms with E-state index in [1.165, 1.54) is 24.5 Å². The Morgan fingerprint density at radius 3 is 2.40 bits per heavy atom. The molecule has 236 valence electrons. The van der Waals surface area contributed by atoms with Gasteiger partial charge in [-0.3, -0.25) is 9.69 Å². The number of aryl methyl sites for hydroxylation is 1. The number of benzene rings is 2. The second kappa shape index (κ2) is 14.1. The number of carbonyl (C=O) groups excluding carboxylic acids is 1. The number of aliphatic hydroxyl groups excluding tert-OH is 1. The monoisotopic (exact) mass is 605 g/mol. The third-order valence-corrected chi connectivity index (χ3v) is 7.33. The minimum absolute atomic E-state index is 0.0520. The number of halogens is 4. The standard InChI is InChI=1S/C15H17F3N2O.C12H14FNO.C6H12O/c1-9-5-11-10-3-2-4-12(16)14(10)19-13(11)6-20(9)7-15(17,18)8-21;1-8-3-9(5-11(13)4-8)12(15)10-6-14(2)7-10;1-5-7-6(2,3)4/h2-4,9,19,21H,5-8H2,1H3;3-5,10H,6-7H2,1-2H3;5H,1H2,2-4H3. The van der Waals surface area contributed by atoms with E-state index in [0.29, 0.717) is 24.0 Å². The highest BCUT2D eigenvalue weighted by atomic mass is 19.3. The molecule has 0 bridgehead atoms. The second-order valence-electron chi connectivity index (χ2n) is 12.4. The molecule has 1 fully saturated rings. The summed E-state index contributed by atoms with van der Waals surface area (Å²) in [4.78, 5) is 18.6. The Balaban J connectivity index is 0.000000201. The number of hydrogen-bond acceptors (Lipinski definition) is 5. The molecule has 0 radical (unpaired) electrons. The normalized spacial score (nSPS) is 17.6. The largest absolute Gasteiger partial charge is 0.496 e. The smallest absolute Gasteiger partial charge is 0.283 e. The van der Waals surface area contributed by atoms with Crippen molar-refractivity contribution in [3.8, 4) is 0 Å². The molecule has 3 aromatic rings. The highest BCUT2D eigenvalue weighted by molar-refractivity contribution is 5.98. The van der Waals surface area contributed by atoms with Crippen molar-refractivity contribution in [2.24, 2.45) is 5.92 Å². The first-order valence-electron chi connectivity index (χ1n) is 14.3. The number of H-pyrrole nitrogens is 1. The van der Waals surface area contributed by atoms with Crippen LogP contribution in [0.1, 0.15) is 54.9 Å². The molecular weight excluding hydrogens is 562 g/mol. The van der Waals surface area contributed by atoms with Gasteiger partial charge in [0.25, 0.3) is 5.92 Å². The van der Waals surface area contributed by atoms with Gasteiger partial charge < -0.3 is 19.7 Å². The molecule has 0 spiro atoms. The number of likely N-dealkylation sites (tertiary alicyclic amines) is 1. The van der Waals surface area contributed by atoms with Gasteiger partial charge in [0, 0.05) is 48.2 Å². The quantitative estimate of drug-likeness (QED) is 0.191. The molecule has 2 aliphatic rings. The first-order chi connectivity index (χ1) is 20.0. The van der Waals surface area contributed by atoms with Crippen molar-refractivity contribution in [3.63, 3.8) is 0 Å². The van der Waals surface area contributed by atoms with E-state index in [0.717, 1.165) is 35.3 Å². The summed E-state index contributed by atoms with van der Waals surface area (Å²) in [7, 11) is 1.97. The molecule has 0 amide bonds. The minimum Gasteiger partial charge on any atom is -0.496 e. The summed E-state index contributed by atoms with van der Waals surface area (Å²) in [5, 5.41) is 9.55. The average molecular weight is 606 g/mol. The summed E-state index contributed by atoms with van der Waals surface area (Å²) < 4.78 is 58.7. The van der Waals surface area contributed by atoms with Gasteiger partial charge in [0.1, 0.15) is 18.2 Å². The number of rotatable bonds is 6. The Hall–Kier alpha value is -3.21. The van der Waals surface area contributed by atoms with Gasteiger partial charge in [0.05, 0.1) is 23.9 Å². The van der Waals surface area contributed by atoms with Crippen molar-refractivity contribution in [3.05, 3.63) is 83.3 Å². The summed E-state index contributed by atoms with van der Waals surface area (Å²) in [6.45, 7) is 13.3. The van der Waals surface area contributed by atoms with Crippen molar-refractivity contribution >= 4 is 16.7 Å². The Morgan fingerprint density at radius 2 is 1.86 bits per heavy atom. The zero-order chi connectivity index (χ0) is 32.1. The van der Waals surface area contributed by atoms with Crippen molar-refractivity contribution in [2.45, 2.75) is 65.1 Å². The first-order valence-corrected chi connectivity index (χ1v) is 14.3. The first kappa shape index (κ1) is 34.3. The van der Waals surface area contributed by atoms with Crippen LogP contribution in [-0.2, 0) is 17.7 Å². The van der Waals surface area contributed by atoms with Gasteiger partial charge in [-0.25, -0.2) is 17.6 Å². The Kier molecular flexibility index (Phi) is 11.2. The van der Waals surface area contributed by atoms with E-state index in [4.69, 9.17) is 9.84 Å². The van der Waals surface area contributed by atoms with E-state index in [-0.39, 0.29) is 35.0 Å². The van der Waals surface area contributed by atoms with Gasteiger partial charge in [-0.2, -0.15) is 0 Å². The van der Waals surface area contributed by atoms with Gasteiger partial charge >= 0.3 is 0 Å². The number of carbonyl (C=O) groups is 1. The molecule has 1 saturated heterocycles. The summed E-state index contributed by atoms with van der Waals surface area (Å²) in [5.74, 6) is -3.66. The molecule has 1 aromatic heterocycles. The van der Waals surface area contributed by atoms with E-state index in [1.54, 1.807) is 24.0 Å². The second-order valence-corrected chi connectivity index (χ2v) is 12.4. The molecule has 0 saturated carbocycles. The lowest BCUT2D eigenvalue weighted by molar-refractivity contribution is -0.0819. The number of Topliss-reactive ketones (excluding diaryl/α,β-unsaturated/α-hetero) is 1. The number of nitrogens with zero attached hydrogens (tertiary/aromatic N) is 2. The zero-order valence-corrected chi connectivity index (χ0v) is 25.8. The molecule has 3 heterocycles. The molecule has 1 unspecified atom stereocenters. The van der Waals surface area contributed by atoms with Crippen molar-refractivity contribution in [2.75, 3.05) is 33.3 Å². The van der Waals surface area contributed by atoms with Crippen LogP contribution >= 0.6 is 0 Å². The van der Waals surface area contributed by atoms with Crippen LogP contribution in [0, 0.1) is 24.5 Å². The van der Waals surface area contributed by atoms with Crippen LogP contribution in [0.2, 0.25) is 0 Å². The maximum absolute atomic E-state index is 13.8. The number of alkyl halides is 2. The fraction of sp³-hybridized carbons (Fsp3) is 0.485. The highest BCUT2D eigenvalue weighted by Crippen LogP contribution is 2.32. The number of aliphatic hydroxyl groups is 1. The number of fused-ring (bicyclic) bond motifs is 3. The predicted octanol–water partition coefficient (Wildman–Crippen LogP) is 6.50. The van der Waals surface area contributed by atoms with E-state index in [1.807, 2.05) is 40.8 Å². The summed E-state index contributed by atoms with van der Waals surface area (Å²) in [6.07, 6.45) is 2.04. The Labute approximate surface area is 251 Å². The summed E-state index contributed by atoms with van der Waals surface area (Å²) in [5.41, 5.74) is 3.45. The van der Waals surface area contributed by atoms with E-state index < -0.39 is 19.1 Å². The van der Waals surface area contributed by atoms with Crippen LogP contribution in [0.3, 0.4) is 0 Å². The molecule has 2 N–H and O–H groups in total. The summed E-state index contributed by atoms with van der Waals surface area (Å²) >= 11 is 0. The maximum Gasteiger partial charge on any atom is 0.283 e. The zero-order valence-electron chi connectivity index (χ0n) is 25.8. The molecule has 5 rings (SSSR count). The summed E-state index contributed by atoms with van der Waals surface area (Å²) in [6, 6.07) is 9.31. The van der Waals surface area contributed by atoms with Crippen LogP contribution in [0.4, 0.5) is 17.6 Å².